The number of pyridine rings is 2. The van der Waals surface area contributed by atoms with Crippen LogP contribution < -0.4 is 14.8 Å². The fourth-order valence-corrected chi connectivity index (χ4v) is 3.29. The van der Waals surface area contributed by atoms with Gasteiger partial charge in [-0.1, -0.05) is 0 Å². The Morgan fingerprint density at radius 2 is 2.07 bits per heavy atom. The van der Waals surface area contributed by atoms with Gasteiger partial charge in [-0.2, -0.15) is 0 Å². The van der Waals surface area contributed by atoms with Crippen LogP contribution in [0.5, 0.6) is 11.6 Å². The Balaban J connectivity index is 1.62. The summed E-state index contributed by atoms with van der Waals surface area (Å²) < 4.78 is 11.7. The lowest BCUT2D eigenvalue weighted by atomic mass is 10.0. The van der Waals surface area contributed by atoms with Crippen molar-refractivity contribution in [1.29, 1.82) is 0 Å². The number of fused-ring (bicyclic) bond motifs is 1. The molecule has 3 aromatic rings. The fraction of sp³-hybridized carbons (Fsp3) is 0.318. The standard InChI is InChI=1S/C22H23N3O3/c1-14(2)28-22-6-5-16(12-25-22)17-9-19-18(4-3-7-23-19)20(10-17)27-13-15-8-21(26)24-11-15/h3-7,9-10,12,14-15H,8,11,13H2,1-2H3,(H,24,26)/t15-/m1/s1. The number of aromatic nitrogens is 2. The minimum Gasteiger partial charge on any atom is -0.492 e. The van der Waals surface area contributed by atoms with Crippen LogP contribution >= 0.6 is 0 Å². The number of benzene rings is 1. The van der Waals surface area contributed by atoms with Crippen molar-refractivity contribution >= 4 is 16.8 Å². The lowest BCUT2D eigenvalue weighted by Crippen LogP contribution is -2.16. The quantitative estimate of drug-likeness (QED) is 0.711. The first-order valence-electron chi connectivity index (χ1n) is 9.50. The highest BCUT2D eigenvalue weighted by Gasteiger charge is 2.22. The molecule has 3 heterocycles. The highest BCUT2D eigenvalue weighted by molar-refractivity contribution is 5.90. The summed E-state index contributed by atoms with van der Waals surface area (Å²) in [6.07, 6.45) is 4.16. The monoisotopic (exact) mass is 377 g/mol. The summed E-state index contributed by atoms with van der Waals surface area (Å²) >= 11 is 0. The largest absolute Gasteiger partial charge is 0.492 e. The van der Waals surface area contributed by atoms with Crippen LogP contribution in [0, 0.1) is 5.92 Å². The van der Waals surface area contributed by atoms with Gasteiger partial charge in [0.25, 0.3) is 0 Å². The van der Waals surface area contributed by atoms with Gasteiger partial charge >= 0.3 is 0 Å². The Hall–Kier alpha value is -3.15. The van der Waals surface area contributed by atoms with E-state index >= 15 is 0 Å². The van der Waals surface area contributed by atoms with Crippen LogP contribution in [-0.2, 0) is 4.79 Å². The lowest BCUT2D eigenvalue weighted by Gasteiger charge is -2.14. The van der Waals surface area contributed by atoms with Gasteiger partial charge in [-0.15, -0.1) is 0 Å². The molecule has 0 radical (unpaired) electrons. The highest BCUT2D eigenvalue weighted by atomic mass is 16.5. The van der Waals surface area contributed by atoms with Crippen molar-refractivity contribution in [3.63, 3.8) is 0 Å². The number of amides is 1. The predicted molar refractivity (Wildman–Crippen MR) is 107 cm³/mol. The zero-order valence-electron chi connectivity index (χ0n) is 16.0. The smallest absolute Gasteiger partial charge is 0.220 e. The van der Waals surface area contributed by atoms with Crippen molar-refractivity contribution in [1.82, 2.24) is 15.3 Å². The molecule has 0 unspecified atom stereocenters. The van der Waals surface area contributed by atoms with Gasteiger partial charge in [0, 0.05) is 48.3 Å². The number of nitrogens with zero attached hydrogens (tertiary/aromatic N) is 2. The molecule has 1 atom stereocenters. The van der Waals surface area contributed by atoms with Crippen molar-refractivity contribution in [3.05, 3.63) is 48.8 Å². The van der Waals surface area contributed by atoms with Crippen molar-refractivity contribution in [2.45, 2.75) is 26.4 Å². The Kier molecular flexibility index (Phi) is 5.10. The third-order valence-electron chi connectivity index (χ3n) is 4.65. The molecule has 1 amide bonds. The Bertz CT molecular complexity index is 986. The number of rotatable bonds is 6. The number of hydrogen-bond acceptors (Lipinski definition) is 5. The summed E-state index contributed by atoms with van der Waals surface area (Å²) in [6.45, 7) is 5.10. The molecule has 6 nitrogen and oxygen atoms in total. The van der Waals surface area contributed by atoms with Gasteiger partial charge in [0.15, 0.2) is 0 Å². The maximum absolute atomic E-state index is 11.4. The summed E-state index contributed by atoms with van der Waals surface area (Å²) in [5, 5.41) is 3.80. The van der Waals surface area contributed by atoms with Crippen molar-refractivity contribution in [3.8, 4) is 22.8 Å². The zero-order chi connectivity index (χ0) is 19.5. The van der Waals surface area contributed by atoms with Gasteiger partial charge in [-0.3, -0.25) is 9.78 Å². The average Bonchev–Trinajstić information content (AvgIpc) is 3.11. The second kappa shape index (κ2) is 7.84. The highest BCUT2D eigenvalue weighted by Crippen LogP contribution is 2.32. The zero-order valence-corrected chi connectivity index (χ0v) is 16.0. The van der Waals surface area contributed by atoms with Crippen LogP contribution in [0.15, 0.2) is 48.8 Å². The lowest BCUT2D eigenvalue weighted by molar-refractivity contribution is -0.119. The Labute approximate surface area is 163 Å². The number of nitrogens with one attached hydrogen (secondary N) is 1. The topological polar surface area (TPSA) is 73.3 Å². The molecular weight excluding hydrogens is 354 g/mol. The van der Waals surface area contributed by atoms with E-state index in [0.717, 1.165) is 27.8 Å². The van der Waals surface area contributed by atoms with Crippen LogP contribution in [-0.4, -0.2) is 35.1 Å². The van der Waals surface area contributed by atoms with E-state index in [1.165, 1.54) is 0 Å². The summed E-state index contributed by atoms with van der Waals surface area (Å²) in [4.78, 5) is 20.3. The SMILES string of the molecule is CC(C)Oc1ccc(-c2cc(OC[C@H]3CNC(=O)C3)c3cccnc3c2)cn1. The van der Waals surface area contributed by atoms with E-state index in [1.54, 1.807) is 12.4 Å². The maximum Gasteiger partial charge on any atom is 0.220 e. The second-order valence-corrected chi connectivity index (χ2v) is 7.28. The average molecular weight is 377 g/mol. The van der Waals surface area contributed by atoms with E-state index in [4.69, 9.17) is 9.47 Å². The van der Waals surface area contributed by atoms with Gasteiger partial charge in [-0.25, -0.2) is 4.98 Å². The predicted octanol–water partition coefficient (Wildman–Crippen LogP) is 3.60. The molecule has 4 rings (SSSR count). The summed E-state index contributed by atoms with van der Waals surface area (Å²) in [5.74, 6) is 1.65. The molecule has 2 aromatic heterocycles. The minimum atomic E-state index is 0.0835. The van der Waals surface area contributed by atoms with Crippen molar-refractivity contribution < 1.29 is 14.3 Å². The summed E-state index contributed by atoms with van der Waals surface area (Å²) in [7, 11) is 0. The van der Waals surface area contributed by atoms with Crippen LogP contribution in [0.1, 0.15) is 20.3 Å². The summed E-state index contributed by atoms with van der Waals surface area (Å²) in [5.41, 5.74) is 2.80. The van der Waals surface area contributed by atoms with Crippen LogP contribution in [0.2, 0.25) is 0 Å². The molecular formula is C22H23N3O3. The Morgan fingerprint density at radius 3 is 2.79 bits per heavy atom. The van der Waals surface area contributed by atoms with E-state index in [-0.39, 0.29) is 17.9 Å². The normalized spacial score (nSPS) is 16.4. The molecule has 1 saturated heterocycles. The molecule has 1 fully saturated rings. The first-order chi connectivity index (χ1) is 13.6. The van der Waals surface area contributed by atoms with Crippen LogP contribution in [0.25, 0.3) is 22.0 Å². The molecule has 6 heteroatoms. The van der Waals surface area contributed by atoms with Gasteiger partial charge < -0.3 is 14.8 Å². The molecule has 28 heavy (non-hydrogen) atoms. The molecule has 1 aromatic carbocycles. The Morgan fingerprint density at radius 1 is 1.18 bits per heavy atom. The molecule has 1 aliphatic heterocycles. The van der Waals surface area contributed by atoms with Crippen molar-refractivity contribution in [2.75, 3.05) is 13.2 Å². The van der Waals surface area contributed by atoms with Crippen molar-refractivity contribution in [2.24, 2.45) is 5.92 Å². The molecule has 144 valence electrons. The van der Waals surface area contributed by atoms with E-state index in [1.807, 2.05) is 50.2 Å². The van der Waals surface area contributed by atoms with Gasteiger partial charge in [0.05, 0.1) is 18.2 Å². The molecule has 0 bridgehead atoms. The van der Waals surface area contributed by atoms with Crippen LogP contribution in [0.3, 0.4) is 0 Å². The third-order valence-corrected chi connectivity index (χ3v) is 4.65. The summed E-state index contributed by atoms with van der Waals surface area (Å²) in [6, 6.07) is 11.8. The molecule has 0 spiro atoms. The van der Waals surface area contributed by atoms with E-state index in [9.17, 15) is 4.79 Å². The molecule has 0 aliphatic carbocycles. The number of carbonyl (C=O) groups is 1. The third kappa shape index (κ3) is 4.06. The number of ether oxygens (including phenoxy) is 2. The number of hydrogen-bond donors (Lipinski definition) is 1. The second-order valence-electron chi connectivity index (χ2n) is 7.28. The molecule has 0 saturated carbocycles. The maximum atomic E-state index is 11.4. The fourth-order valence-electron chi connectivity index (χ4n) is 3.29. The van der Waals surface area contributed by atoms with E-state index in [2.05, 4.69) is 15.3 Å². The van der Waals surface area contributed by atoms with Gasteiger partial charge in [-0.05, 0) is 49.7 Å². The molecule has 1 aliphatic rings. The van der Waals surface area contributed by atoms with Crippen LogP contribution in [0.4, 0.5) is 0 Å². The van der Waals surface area contributed by atoms with Gasteiger partial charge in [0.1, 0.15) is 5.75 Å². The van der Waals surface area contributed by atoms with E-state index < -0.39 is 0 Å². The first kappa shape index (κ1) is 18.2. The van der Waals surface area contributed by atoms with Gasteiger partial charge in [0.2, 0.25) is 11.8 Å². The molecule has 1 N–H and O–H groups in total. The minimum absolute atomic E-state index is 0.0835. The first-order valence-corrected chi connectivity index (χ1v) is 9.50. The number of carbonyl (C=O) groups excluding carboxylic acids is 1. The van der Waals surface area contributed by atoms with E-state index in [0.29, 0.717) is 25.5 Å².